The first-order chi connectivity index (χ1) is 12.6. The number of benzene rings is 1. The summed E-state index contributed by atoms with van der Waals surface area (Å²) in [6, 6.07) is 8.68. The summed E-state index contributed by atoms with van der Waals surface area (Å²) in [4.78, 5) is 18.8. The van der Waals surface area contributed by atoms with E-state index in [0.29, 0.717) is 25.2 Å². The molecule has 3 saturated heterocycles. The molecule has 0 aromatic heterocycles. The summed E-state index contributed by atoms with van der Waals surface area (Å²) in [7, 11) is 0. The molecule has 2 N–H and O–H groups in total. The molecule has 3 fully saturated rings. The number of rotatable bonds is 4. The summed E-state index contributed by atoms with van der Waals surface area (Å²) < 4.78 is 13.5. The third-order valence-electron chi connectivity index (χ3n) is 5.93. The lowest BCUT2D eigenvalue weighted by atomic mass is 10.2. The normalized spacial score (nSPS) is 29.2. The van der Waals surface area contributed by atoms with Crippen molar-refractivity contribution in [3.8, 4) is 6.07 Å². The van der Waals surface area contributed by atoms with Gasteiger partial charge in [0.25, 0.3) is 0 Å². The van der Waals surface area contributed by atoms with Gasteiger partial charge in [-0.3, -0.25) is 9.69 Å². The van der Waals surface area contributed by atoms with E-state index >= 15 is 0 Å². The third-order valence-corrected chi connectivity index (χ3v) is 5.93. The quantitative estimate of drug-likeness (QED) is 0.868. The molecular formula is C19H24FN5O. The maximum absolute atomic E-state index is 13.5. The molecule has 4 atom stereocenters. The van der Waals surface area contributed by atoms with Crippen molar-refractivity contribution in [1.82, 2.24) is 9.80 Å². The maximum Gasteiger partial charge on any atom is 0.241 e. The van der Waals surface area contributed by atoms with Crippen molar-refractivity contribution < 1.29 is 9.18 Å². The molecule has 1 aromatic carbocycles. The van der Waals surface area contributed by atoms with Crippen molar-refractivity contribution in [1.29, 1.82) is 5.26 Å². The molecule has 3 aliphatic heterocycles. The molecule has 0 saturated carbocycles. The molecule has 0 unspecified atom stereocenters. The SMILES string of the molecule is N#C[C@@H]1CCCN1C(=O)[C@@H](N)CN1C[C@@H]2C[C@H]1CN2c1cccc(F)c1. The minimum absolute atomic E-state index is 0.112. The minimum atomic E-state index is -0.592. The Balaban J connectivity index is 1.36. The highest BCUT2D eigenvalue weighted by molar-refractivity contribution is 5.82. The number of halogens is 1. The van der Waals surface area contributed by atoms with Crippen molar-refractivity contribution in [2.75, 3.05) is 31.1 Å². The smallest absolute Gasteiger partial charge is 0.241 e. The number of piperazine rings is 1. The molecule has 26 heavy (non-hydrogen) atoms. The van der Waals surface area contributed by atoms with Crippen LogP contribution < -0.4 is 10.6 Å². The van der Waals surface area contributed by atoms with Gasteiger partial charge in [-0.1, -0.05) is 6.07 Å². The molecule has 7 heteroatoms. The fourth-order valence-corrected chi connectivity index (χ4v) is 4.65. The molecule has 6 nitrogen and oxygen atoms in total. The Morgan fingerprint density at radius 2 is 2.23 bits per heavy atom. The van der Waals surface area contributed by atoms with Crippen molar-refractivity contribution >= 4 is 11.6 Å². The number of carbonyl (C=O) groups excluding carboxylic acids is 1. The van der Waals surface area contributed by atoms with E-state index in [1.54, 1.807) is 17.0 Å². The second kappa shape index (κ2) is 6.86. The molecular weight excluding hydrogens is 333 g/mol. The average molecular weight is 357 g/mol. The lowest BCUT2D eigenvalue weighted by molar-refractivity contribution is -0.133. The molecule has 0 radical (unpaired) electrons. The summed E-state index contributed by atoms with van der Waals surface area (Å²) in [5.74, 6) is -0.328. The van der Waals surface area contributed by atoms with Crippen LogP contribution in [0.1, 0.15) is 19.3 Å². The van der Waals surface area contributed by atoms with E-state index in [9.17, 15) is 9.18 Å². The van der Waals surface area contributed by atoms with E-state index in [1.165, 1.54) is 6.07 Å². The highest BCUT2D eigenvalue weighted by Gasteiger charge is 2.44. The maximum atomic E-state index is 13.5. The van der Waals surface area contributed by atoms with Crippen LogP contribution in [-0.4, -0.2) is 66.1 Å². The van der Waals surface area contributed by atoms with Gasteiger partial charge < -0.3 is 15.5 Å². The molecule has 2 bridgehead atoms. The Morgan fingerprint density at radius 3 is 2.92 bits per heavy atom. The van der Waals surface area contributed by atoms with Crippen LogP contribution in [-0.2, 0) is 4.79 Å². The number of fused-ring (bicyclic) bond motifs is 2. The highest BCUT2D eigenvalue weighted by Crippen LogP contribution is 2.34. The van der Waals surface area contributed by atoms with Crippen LogP contribution in [0.4, 0.5) is 10.1 Å². The van der Waals surface area contributed by atoms with Gasteiger partial charge in [0.2, 0.25) is 5.91 Å². The third kappa shape index (κ3) is 3.04. The van der Waals surface area contributed by atoms with Gasteiger partial charge in [0, 0.05) is 44.0 Å². The predicted molar refractivity (Wildman–Crippen MR) is 95.8 cm³/mol. The van der Waals surface area contributed by atoms with E-state index in [0.717, 1.165) is 38.0 Å². The molecule has 1 aromatic rings. The summed E-state index contributed by atoms with van der Waals surface area (Å²) in [5.41, 5.74) is 7.11. The number of hydrogen-bond donors (Lipinski definition) is 1. The van der Waals surface area contributed by atoms with Gasteiger partial charge in [-0.25, -0.2) is 4.39 Å². The lowest BCUT2D eigenvalue weighted by Crippen LogP contribution is -2.54. The Morgan fingerprint density at radius 1 is 1.38 bits per heavy atom. The van der Waals surface area contributed by atoms with E-state index in [1.807, 2.05) is 6.07 Å². The molecule has 0 spiro atoms. The Labute approximate surface area is 152 Å². The van der Waals surface area contributed by atoms with Gasteiger partial charge >= 0.3 is 0 Å². The standard InChI is InChI=1S/C19H24FN5O/c20-13-3-1-4-14(7-13)25-11-16-8-17(25)10-23(16)12-18(22)19(26)24-6-2-5-15(24)9-21/h1,3-4,7,15-18H,2,5-6,8,10-12,22H2/t15-,16-,17-,18-/m0/s1. The monoisotopic (exact) mass is 357 g/mol. The first-order valence-corrected chi connectivity index (χ1v) is 9.28. The summed E-state index contributed by atoms with van der Waals surface area (Å²) in [6.07, 6.45) is 2.63. The molecule has 4 rings (SSSR count). The summed E-state index contributed by atoms with van der Waals surface area (Å²) in [6.45, 7) is 2.82. The van der Waals surface area contributed by atoms with E-state index in [4.69, 9.17) is 11.0 Å². The second-order valence-electron chi connectivity index (χ2n) is 7.55. The predicted octanol–water partition coefficient (Wildman–Crippen LogP) is 0.930. The van der Waals surface area contributed by atoms with Crippen molar-refractivity contribution in [2.24, 2.45) is 5.73 Å². The first kappa shape index (κ1) is 17.3. The van der Waals surface area contributed by atoms with Crippen LogP contribution in [0.3, 0.4) is 0 Å². The Hall–Kier alpha value is -2.17. The van der Waals surface area contributed by atoms with Gasteiger partial charge in [0.05, 0.1) is 12.1 Å². The average Bonchev–Trinajstić information content (AvgIpc) is 3.35. The van der Waals surface area contributed by atoms with Crippen molar-refractivity contribution in [3.63, 3.8) is 0 Å². The largest absolute Gasteiger partial charge is 0.366 e. The number of hydrogen-bond acceptors (Lipinski definition) is 5. The van der Waals surface area contributed by atoms with Gasteiger partial charge in [0.15, 0.2) is 0 Å². The van der Waals surface area contributed by atoms with E-state index in [-0.39, 0.29) is 17.8 Å². The van der Waals surface area contributed by atoms with Gasteiger partial charge in [-0.15, -0.1) is 0 Å². The van der Waals surface area contributed by atoms with Gasteiger partial charge in [-0.05, 0) is 37.5 Å². The summed E-state index contributed by atoms with van der Waals surface area (Å²) >= 11 is 0. The van der Waals surface area contributed by atoms with Crippen LogP contribution in [0.5, 0.6) is 0 Å². The van der Waals surface area contributed by atoms with Crippen molar-refractivity contribution in [2.45, 2.75) is 43.4 Å². The molecule has 3 aliphatic rings. The number of anilines is 1. The highest BCUT2D eigenvalue weighted by atomic mass is 19.1. The number of nitrogens with zero attached hydrogens (tertiary/aromatic N) is 4. The van der Waals surface area contributed by atoms with Crippen LogP contribution in [0.25, 0.3) is 0 Å². The topological polar surface area (TPSA) is 76.6 Å². The number of carbonyl (C=O) groups is 1. The lowest BCUT2D eigenvalue weighted by Gasteiger charge is -2.37. The van der Waals surface area contributed by atoms with Crippen LogP contribution in [0.2, 0.25) is 0 Å². The van der Waals surface area contributed by atoms with E-state index < -0.39 is 6.04 Å². The van der Waals surface area contributed by atoms with Crippen LogP contribution in [0, 0.1) is 17.1 Å². The zero-order valence-corrected chi connectivity index (χ0v) is 14.7. The minimum Gasteiger partial charge on any atom is -0.366 e. The number of amides is 1. The number of nitriles is 1. The molecule has 0 aliphatic carbocycles. The number of likely N-dealkylation sites (tertiary alicyclic amines) is 2. The van der Waals surface area contributed by atoms with Crippen molar-refractivity contribution in [3.05, 3.63) is 30.1 Å². The number of nitrogens with two attached hydrogens (primary N) is 1. The zero-order chi connectivity index (χ0) is 18.3. The van der Waals surface area contributed by atoms with Gasteiger partial charge in [-0.2, -0.15) is 5.26 Å². The Bertz CT molecular complexity index is 735. The second-order valence-corrected chi connectivity index (χ2v) is 7.55. The summed E-state index contributed by atoms with van der Waals surface area (Å²) in [5, 5.41) is 9.17. The first-order valence-electron chi connectivity index (χ1n) is 9.28. The fourth-order valence-electron chi connectivity index (χ4n) is 4.65. The van der Waals surface area contributed by atoms with Crippen LogP contribution in [0.15, 0.2) is 24.3 Å². The molecule has 3 heterocycles. The molecule has 138 valence electrons. The van der Waals surface area contributed by atoms with E-state index in [2.05, 4.69) is 15.9 Å². The Kier molecular flexibility index (Phi) is 4.55. The fraction of sp³-hybridized carbons (Fsp3) is 0.579. The van der Waals surface area contributed by atoms with Crippen LogP contribution >= 0.6 is 0 Å². The molecule has 1 amide bonds. The zero-order valence-electron chi connectivity index (χ0n) is 14.7. The van der Waals surface area contributed by atoms with Gasteiger partial charge in [0.1, 0.15) is 11.9 Å².